The zero-order chi connectivity index (χ0) is 14.1. The molecule has 1 N–H and O–H groups in total. The zero-order valence-electron chi connectivity index (χ0n) is 10.7. The van der Waals surface area contributed by atoms with Crippen molar-refractivity contribution in [1.82, 2.24) is 0 Å². The van der Waals surface area contributed by atoms with E-state index < -0.39 is 6.10 Å². The largest absolute Gasteiger partial charge is 0.392 e. The molecule has 0 saturated heterocycles. The summed E-state index contributed by atoms with van der Waals surface area (Å²) in [6, 6.07) is 12.8. The average molecular weight is 353 g/mol. The normalized spacial score (nSPS) is 18.9. The van der Waals surface area contributed by atoms with Crippen molar-refractivity contribution >= 4 is 27.7 Å². The number of aliphatic hydroxyl groups excluding tert-OH is 1. The summed E-state index contributed by atoms with van der Waals surface area (Å²) >= 11 is 5.19. The summed E-state index contributed by atoms with van der Waals surface area (Å²) in [5.74, 6) is 0.732. The molecule has 104 valence electrons. The van der Waals surface area contributed by atoms with Crippen molar-refractivity contribution in [1.29, 1.82) is 0 Å². The second kappa shape index (κ2) is 5.88. The molecule has 20 heavy (non-hydrogen) atoms. The van der Waals surface area contributed by atoms with Gasteiger partial charge in [0.05, 0.1) is 6.10 Å². The molecule has 0 aromatic heterocycles. The van der Waals surface area contributed by atoms with Crippen molar-refractivity contribution in [2.75, 3.05) is 5.75 Å². The highest BCUT2D eigenvalue weighted by Gasteiger charge is 2.29. The molecule has 2 atom stereocenters. The van der Waals surface area contributed by atoms with Gasteiger partial charge in [-0.1, -0.05) is 34.1 Å². The number of aliphatic hydroxyl groups is 1. The number of benzene rings is 2. The highest BCUT2D eigenvalue weighted by atomic mass is 79.9. The first-order chi connectivity index (χ1) is 9.65. The summed E-state index contributed by atoms with van der Waals surface area (Å²) in [4.78, 5) is 1.25. The van der Waals surface area contributed by atoms with Gasteiger partial charge in [-0.2, -0.15) is 0 Å². The fraction of sp³-hybridized carbons (Fsp3) is 0.250. The number of halogens is 2. The molecular weight excluding hydrogens is 339 g/mol. The lowest BCUT2D eigenvalue weighted by molar-refractivity contribution is 0.151. The van der Waals surface area contributed by atoms with E-state index in [1.807, 2.05) is 12.1 Å². The molecule has 0 spiro atoms. The first kappa shape index (κ1) is 14.1. The van der Waals surface area contributed by atoms with Gasteiger partial charge < -0.3 is 5.11 Å². The molecule has 0 bridgehead atoms. The Morgan fingerprint density at radius 3 is 2.95 bits per heavy atom. The molecule has 0 fully saturated rings. The number of hydrogen-bond acceptors (Lipinski definition) is 2. The van der Waals surface area contributed by atoms with E-state index >= 15 is 0 Å². The fourth-order valence-corrected chi connectivity index (χ4v) is 4.30. The van der Waals surface area contributed by atoms with Crippen LogP contribution in [0, 0.1) is 5.82 Å². The van der Waals surface area contributed by atoms with Crippen molar-refractivity contribution in [3.05, 3.63) is 63.9 Å². The molecule has 0 aliphatic carbocycles. The van der Waals surface area contributed by atoms with Gasteiger partial charge in [-0.3, -0.25) is 0 Å². The van der Waals surface area contributed by atoms with Gasteiger partial charge in [-0.25, -0.2) is 4.39 Å². The van der Waals surface area contributed by atoms with Gasteiger partial charge in [0.15, 0.2) is 0 Å². The Morgan fingerprint density at radius 1 is 1.30 bits per heavy atom. The number of thioether (sulfide) groups is 1. The van der Waals surface area contributed by atoms with E-state index in [-0.39, 0.29) is 11.7 Å². The number of fused-ring (bicyclic) bond motifs is 1. The molecule has 0 amide bonds. The molecule has 0 radical (unpaired) electrons. The van der Waals surface area contributed by atoms with Crippen molar-refractivity contribution in [2.45, 2.75) is 23.3 Å². The van der Waals surface area contributed by atoms with Crippen LogP contribution in [-0.4, -0.2) is 17.0 Å². The van der Waals surface area contributed by atoms with E-state index in [4.69, 9.17) is 0 Å². The third-order valence-corrected chi connectivity index (χ3v) is 5.62. The van der Waals surface area contributed by atoms with Gasteiger partial charge in [0.2, 0.25) is 0 Å². The summed E-state index contributed by atoms with van der Waals surface area (Å²) < 4.78 is 14.2. The van der Waals surface area contributed by atoms with Gasteiger partial charge in [0.25, 0.3) is 0 Å². The predicted octanol–water partition coefficient (Wildman–Crippen LogP) is 4.38. The Kier molecular flexibility index (Phi) is 4.15. The van der Waals surface area contributed by atoms with Crippen LogP contribution in [0.15, 0.2) is 51.8 Å². The van der Waals surface area contributed by atoms with Crippen LogP contribution in [0.25, 0.3) is 0 Å². The summed E-state index contributed by atoms with van der Waals surface area (Å²) in [6.45, 7) is 0. The SMILES string of the molecule is OC(Cc1cc(F)ccc1Br)C1CSc2ccccc21. The van der Waals surface area contributed by atoms with Crippen LogP contribution < -0.4 is 0 Å². The second-order valence-electron chi connectivity index (χ2n) is 4.96. The Hall–Kier alpha value is -0.840. The molecule has 3 rings (SSSR count). The minimum absolute atomic E-state index is 0.117. The Morgan fingerprint density at radius 2 is 2.10 bits per heavy atom. The molecule has 1 nitrogen and oxygen atoms in total. The maximum atomic E-state index is 13.3. The second-order valence-corrected chi connectivity index (χ2v) is 6.88. The molecule has 1 heterocycles. The van der Waals surface area contributed by atoms with Crippen LogP contribution in [0.5, 0.6) is 0 Å². The third kappa shape index (κ3) is 2.78. The van der Waals surface area contributed by atoms with Crippen LogP contribution in [0.4, 0.5) is 4.39 Å². The van der Waals surface area contributed by atoms with Crippen molar-refractivity contribution in [3.8, 4) is 0 Å². The van der Waals surface area contributed by atoms with Crippen molar-refractivity contribution in [2.24, 2.45) is 0 Å². The van der Waals surface area contributed by atoms with Gasteiger partial charge in [-0.05, 0) is 35.4 Å². The minimum atomic E-state index is -0.496. The highest BCUT2D eigenvalue weighted by molar-refractivity contribution is 9.10. The Bertz CT molecular complexity index is 632. The fourth-order valence-electron chi connectivity index (χ4n) is 2.57. The van der Waals surface area contributed by atoms with E-state index in [1.54, 1.807) is 17.8 Å². The lowest BCUT2D eigenvalue weighted by atomic mass is 9.91. The van der Waals surface area contributed by atoms with Crippen LogP contribution in [-0.2, 0) is 6.42 Å². The maximum Gasteiger partial charge on any atom is 0.123 e. The Labute approximate surface area is 130 Å². The summed E-state index contributed by atoms with van der Waals surface area (Å²) in [7, 11) is 0. The lowest BCUT2D eigenvalue weighted by Gasteiger charge is -2.19. The van der Waals surface area contributed by atoms with Crippen LogP contribution in [0.3, 0.4) is 0 Å². The van der Waals surface area contributed by atoms with Crippen LogP contribution in [0.2, 0.25) is 0 Å². The summed E-state index contributed by atoms with van der Waals surface area (Å²) in [5, 5.41) is 10.5. The number of rotatable bonds is 3. The smallest absolute Gasteiger partial charge is 0.123 e. The first-order valence-electron chi connectivity index (χ1n) is 6.49. The van der Waals surface area contributed by atoms with Crippen molar-refractivity contribution < 1.29 is 9.50 Å². The van der Waals surface area contributed by atoms with Crippen LogP contribution >= 0.6 is 27.7 Å². The topological polar surface area (TPSA) is 20.2 Å². The predicted molar refractivity (Wildman–Crippen MR) is 83.7 cm³/mol. The van der Waals surface area contributed by atoms with Crippen LogP contribution in [0.1, 0.15) is 17.0 Å². The monoisotopic (exact) mass is 352 g/mol. The van der Waals surface area contributed by atoms with Gasteiger partial charge in [0.1, 0.15) is 5.82 Å². The van der Waals surface area contributed by atoms with E-state index in [0.29, 0.717) is 6.42 Å². The molecule has 2 unspecified atom stereocenters. The molecule has 1 aliphatic heterocycles. The minimum Gasteiger partial charge on any atom is -0.392 e. The molecule has 1 aliphatic rings. The van der Waals surface area contributed by atoms with Gasteiger partial charge in [0, 0.05) is 27.5 Å². The van der Waals surface area contributed by atoms with Crippen molar-refractivity contribution in [3.63, 3.8) is 0 Å². The maximum absolute atomic E-state index is 13.3. The van der Waals surface area contributed by atoms with Gasteiger partial charge >= 0.3 is 0 Å². The molecule has 2 aromatic rings. The molecular formula is C16H14BrFOS. The van der Waals surface area contributed by atoms with E-state index in [0.717, 1.165) is 15.8 Å². The zero-order valence-corrected chi connectivity index (χ0v) is 13.1. The lowest BCUT2D eigenvalue weighted by Crippen LogP contribution is -2.21. The summed E-state index contributed by atoms with van der Waals surface area (Å²) in [6.07, 6.45) is -0.0398. The Balaban J connectivity index is 1.81. The van der Waals surface area contributed by atoms with E-state index in [2.05, 4.69) is 28.1 Å². The van der Waals surface area contributed by atoms with E-state index in [9.17, 15) is 9.50 Å². The average Bonchev–Trinajstić information content (AvgIpc) is 2.87. The highest BCUT2D eigenvalue weighted by Crippen LogP contribution is 2.41. The van der Waals surface area contributed by atoms with Gasteiger partial charge in [-0.15, -0.1) is 11.8 Å². The third-order valence-electron chi connectivity index (χ3n) is 3.64. The molecule has 2 aromatic carbocycles. The standard InChI is InChI=1S/C16H14BrFOS/c17-14-6-5-11(18)7-10(14)8-15(19)13-9-20-16-4-2-1-3-12(13)16/h1-7,13,15,19H,8-9H2. The summed E-state index contributed by atoms with van der Waals surface area (Å²) in [5.41, 5.74) is 2.02. The molecule has 0 saturated carbocycles. The molecule has 4 heteroatoms. The first-order valence-corrected chi connectivity index (χ1v) is 8.27. The number of hydrogen-bond donors (Lipinski definition) is 1. The quantitative estimate of drug-likeness (QED) is 0.884. The van der Waals surface area contributed by atoms with E-state index in [1.165, 1.54) is 22.6 Å².